The van der Waals surface area contributed by atoms with Gasteiger partial charge in [0.25, 0.3) is 10.0 Å². The van der Waals surface area contributed by atoms with Gasteiger partial charge in [-0.2, -0.15) is 0 Å². The lowest BCUT2D eigenvalue weighted by Gasteiger charge is -2.49. The van der Waals surface area contributed by atoms with Gasteiger partial charge in [0.2, 0.25) is 11.8 Å². The third-order valence-electron chi connectivity index (χ3n) is 6.69. The first kappa shape index (κ1) is 23.9. The van der Waals surface area contributed by atoms with Gasteiger partial charge in [-0.3, -0.25) is 14.5 Å². The van der Waals surface area contributed by atoms with Gasteiger partial charge in [0, 0.05) is 30.2 Å². The van der Waals surface area contributed by atoms with Crippen molar-refractivity contribution in [3.63, 3.8) is 0 Å². The standard InChI is InChI=1S/C23H30ClN3O5S/c1-15(2)25-14-20-26(33(30,31)19-13-17(24)9-10-18(19)32-3)12-11-21(28)27(20)22(23(25)29)16-7-5-4-6-8-16/h9-10,13-16,22H,4-8,11-12H2,1-3H3. The molecule has 1 atom stereocenters. The summed E-state index contributed by atoms with van der Waals surface area (Å²) in [4.78, 5) is 29.6. The van der Waals surface area contributed by atoms with Crippen LogP contribution in [0, 0.1) is 5.92 Å². The van der Waals surface area contributed by atoms with Gasteiger partial charge in [0.05, 0.1) is 7.11 Å². The molecule has 1 aromatic rings. The number of sulfonamides is 1. The number of benzene rings is 1. The monoisotopic (exact) mass is 495 g/mol. The maximum Gasteiger partial charge on any atom is 0.269 e. The summed E-state index contributed by atoms with van der Waals surface area (Å²) in [5.74, 6) is 0.0206. The smallest absolute Gasteiger partial charge is 0.269 e. The summed E-state index contributed by atoms with van der Waals surface area (Å²) in [5, 5.41) is 0.260. The fraction of sp³-hybridized carbons (Fsp3) is 0.565. The number of hydrogen-bond donors (Lipinski definition) is 0. The van der Waals surface area contributed by atoms with E-state index >= 15 is 0 Å². The zero-order chi connectivity index (χ0) is 23.9. The van der Waals surface area contributed by atoms with Crippen LogP contribution in [0.2, 0.25) is 5.02 Å². The lowest BCUT2D eigenvalue weighted by Crippen LogP contribution is -2.63. The van der Waals surface area contributed by atoms with Crippen molar-refractivity contribution in [2.75, 3.05) is 13.7 Å². The Hall–Kier alpha value is -2.26. The minimum absolute atomic E-state index is 0.00235. The molecular weight excluding hydrogens is 466 g/mol. The third kappa shape index (κ3) is 4.21. The van der Waals surface area contributed by atoms with Gasteiger partial charge in [0.15, 0.2) is 0 Å². The topological polar surface area (TPSA) is 87.2 Å². The molecule has 10 heteroatoms. The predicted octanol–water partition coefficient (Wildman–Crippen LogP) is 3.57. The Morgan fingerprint density at radius 1 is 1.12 bits per heavy atom. The molecule has 4 rings (SSSR count). The first-order valence-electron chi connectivity index (χ1n) is 11.4. The highest BCUT2D eigenvalue weighted by atomic mass is 35.5. The van der Waals surface area contributed by atoms with Crippen LogP contribution in [-0.4, -0.2) is 60.1 Å². The van der Waals surface area contributed by atoms with Crippen molar-refractivity contribution in [3.05, 3.63) is 35.2 Å². The maximum absolute atomic E-state index is 13.8. The number of halogens is 1. The van der Waals surface area contributed by atoms with Crippen molar-refractivity contribution in [3.8, 4) is 5.75 Å². The summed E-state index contributed by atoms with van der Waals surface area (Å²) in [5.41, 5.74) is 0. The Kier molecular flexibility index (Phi) is 6.64. The number of amides is 2. The van der Waals surface area contributed by atoms with Crippen LogP contribution in [0.1, 0.15) is 52.4 Å². The Bertz CT molecular complexity index is 1080. The van der Waals surface area contributed by atoms with Crippen LogP contribution in [0.4, 0.5) is 0 Å². The summed E-state index contributed by atoms with van der Waals surface area (Å²) in [6.45, 7) is 3.74. The summed E-state index contributed by atoms with van der Waals surface area (Å²) in [6.07, 6.45) is 6.30. The van der Waals surface area contributed by atoms with E-state index in [4.69, 9.17) is 16.3 Å². The van der Waals surface area contributed by atoms with E-state index in [1.54, 1.807) is 11.0 Å². The molecule has 2 fully saturated rings. The van der Waals surface area contributed by atoms with E-state index in [1.165, 1.54) is 34.6 Å². The van der Waals surface area contributed by atoms with Crippen LogP contribution in [-0.2, 0) is 19.6 Å². The van der Waals surface area contributed by atoms with Gasteiger partial charge in [-0.25, -0.2) is 12.7 Å². The molecule has 1 aromatic carbocycles. The van der Waals surface area contributed by atoms with E-state index in [0.29, 0.717) is 0 Å². The van der Waals surface area contributed by atoms with Gasteiger partial charge in [-0.1, -0.05) is 30.9 Å². The highest BCUT2D eigenvalue weighted by molar-refractivity contribution is 7.89. The predicted molar refractivity (Wildman–Crippen MR) is 124 cm³/mol. The Morgan fingerprint density at radius 3 is 2.45 bits per heavy atom. The molecule has 2 amide bonds. The number of hydrogen-bond acceptors (Lipinski definition) is 5. The average molecular weight is 496 g/mol. The van der Waals surface area contributed by atoms with E-state index in [9.17, 15) is 18.0 Å². The number of fused-ring (bicyclic) bond motifs is 1. The molecule has 2 heterocycles. The van der Waals surface area contributed by atoms with Crippen molar-refractivity contribution in [2.45, 2.75) is 69.4 Å². The largest absolute Gasteiger partial charge is 0.495 e. The third-order valence-corrected chi connectivity index (χ3v) is 8.75. The molecule has 1 unspecified atom stereocenters. The maximum atomic E-state index is 13.8. The van der Waals surface area contributed by atoms with Crippen LogP contribution in [0.5, 0.6) is 5.75 Å². The molecule has 33 heavy (non-hydrogen) atoms. The highest BCUT2D eigenvalue weighted by Gasteiger charge is 2.49. The Labute approximate surface area is 200 Å². The Balaban J connectivity index is 1.84. The zero-order valence-electron chi connectivity index (χ0n) is 19.2. The fourth-order valence-corrected chi connectivity index (χ4v) is 6.90. The summed E-state index contributed by atoms with van der Waals surface area (Å²) >= 11 is 6.12. The molecule has 1 aliphatic carbocycles. The van der Waals surface area contributed by atoms with Crippen molar-refractivity contribution >= 4 is 33.4 Å². The van der Waals surface area contributed by atoms with Crippen molar-refractivity contribution in [1.82, 2.24) is 14.1 Å². The number of rotatable bonds is 5. The highest BCUT2D eigenvalue weighted by Crippen LogP contribution is 2.40. The lowest BCUT2D eigenvalue weighted by molar-refractivity contribution is -0.151. The average Bonchev–Trinajstić information content (AvgIpc) is 2.79. The first-order valence-corrected chi connectivity index (χ1v) is 13.2. The number of carbonyl (C=O) groups is 2. The molecule has 0 spiro atoms. The van der Waals surface area contributed by atoms with Crippen molar-refractivity contribution in [2.24, 2.45) is 5.92 Å². The molecule has 0 bridgehead atoms. The summed E-state index contributed by atoms with van der Waals surface area (Å²) in [6, 6.07) is 3.54. The second-order valence-electron chi connectivity index (χ2n) is 9.06. The van der Waals surface area contributed by atoms with Crippen LogP contribution >= 0.6 is 11.6 Å². The van der Waals surface area contributed by atoms with Crippen LogP contribution < -0.4 is 4.74 Å². The van der Waals surface area contributed by atoms with Crippen LogP contribution in [0.25, 0.3) is 0 Å². The normalized spacial score (nSPS) is 22.5. The number of ether oxygens (including phenoxy) is 1. The summed E-state index contributed by atoms with van der Waals surface area (Å²) < 4.78 is 34.2. The number of nitrogens with zero attached hydrogens (tertiary/aromatic N) is 3. The van der Waals surface area contributed by atoms with Gasteiger partial charge >= 0.3 is 0 Å². The molecule has 8 nitrogen and oxygen atoms in total. The molecule has 1 saturated carbocycles. The van der Waals surface area contributed by atoms with Gasteiger partial charge in [-0.15, -0.1) is 0 Å². The van der Waals surface area contributed by atoms with E-state index in [0.717, 1.165) is 32.1 Å². The minimum atomic E-state index is -4.12. The van der Waals surface area contributed by atoms with E-state index in [1.807, 2.05) is 13.8 Å². The zero-order valence-corrected chi connectivity index (χ0v) is 20.7. The van der Waals surface area contributed by atoms with Gasteiger partial charge in [-0.05, 0) is 50.8 Å². The second-order valence-corrected chi connectivity index (χ2v) is 11.3. The number of methoxy groups -OCH3 is 1. The molecule has 0 radical (unpaired) electrons. The lowest BCUT2D eigenvalue weighted by atomic mass is 9.81. The van der Waals surface area contributed by atoms with E-state index < -0.39 is 16.1 Å². The molecular formula is C23H30ClN3O5S. The van der Waals surface area contributed by atoms with Gasteiger partial charge < -0.3 is 9.64 Å². The molecule has 0 aromatic heterocycles. The number of carbonyl (C=O) groups excluding carboxylic acids is 2. The van der Waals surface area contributed by atoms with E-state index in [2.05, 4.69) is 0 Å². The minimum Gasteiger partial charge on any atom is -0.495 e. The van der Waals surface area contributed by atoms with Crippen molar-refractivity contribution < 1.29 is 22.7 Å². The van der Waals surface area contributed by atoms with Crippen LogP contribution in [0.15, 0.2) is 35.1 Å². The molecule has 0 N–H and O–H groups in total. The molecule has 2 aliphatic heterocycles. The molecule has 3 aliphatic rings. The molecule has 1 saturated heterocycles. The van der Waals surface area contributed by atoms with Crippen LogP contribution in [0.3, 0.4) is 0 Å². The SMILES string of the molecule is COc1ccc(Cl)cc1S(=O)(=O)N1CCC(=O)N2C1=CN(C(C)C)C(=O)C2C1CCCCC1. The second kappa shape index (κ2) is 9.18. The first-order chi connectivity index (χ1) is 15.7. The molecule has 180 valence electrons. The van der Waals surface area contributed by atoms with Gasteiger partial charge in [0.1, 0.15) is 22.5 Å². The van der Waals surface area contributed by atoms with E-state index in [-0.39, 0.29) is 58.2 Å². The summed E-state index contributed by atoms with van der Waals surface area (Å²) in [7, 11) is -2.72. The quantitative estimate of drug-likeness (QED) is 0.623. The fourth-order valence-electron chi connectivity index (χ4n) is 5.04. The van der Waals surface area contributed by atoms with Crippen molar-refractivity contribution in [1.29, 1.82) is 0 Å². The Morgan fingerprint density at radius 2 is 1.82 bits per heavy atom.